The zero-order valence-electron chi connectivity index (χ0n) is 7.09. The summed E-state index contributed by atoms with van der Waals surface area (Å²) in [6, 6.07) is 4.17. The molecule has 1 N–H and O–H groups in total. The van der Waals surface area contributed by atoms with Gasteiger partial charge in [0.1, 0.15) is 0 Å². The molecule has 0 aliphatic rings. The van der Waals surface area contributed by atoms with E-state index in [0.29, 0.717) is 0 Å². The highest BCUT2D eigenvalue weighted by Crippen LogP contribution is 1.98. The second-order valence-electron chi connectivity index (χ2n) is 2.68. The molecule has 0 atom stereocenters. The molecule has 0 saturated carbocycles. The molecular weight excluding hydrogens is 136 g/mol. The van der Waals surface area contributed by atoms with Crippen molar-refractivity contribution in [1.29, 1.82) is 0 Å². The van der Waals surface area contributed by atoms with Crippen LogP contribution < -0.4 is 5.32 Å². The molecule has 0 unspecified atom stereocenters. The van der Waals surface area contributed by atoms with Crippen molar-refractivity contribution in [1.82, 2.24) is 10.3 Å². The fourth-order valence-electron chi connectivity index (χ4n) is 0.899. The predicted molar refractivity (Wildman–Crippen MR) is 46.6 cm³/mol. The summed E-state index contributed by atoms with van der Waals surface area (Å²) in [5, 5.41) is 3.09. The lowest BCUT2D eigenvalue weighted by molar-refractivity contribution is 0.776. The summed E-state index contributed by atoms with van der Waals surface area (Å²) >= 11 is 0. The van der Waals surface area contributed by atoms with E-state index in [1.807, 2.05) is 13.2 Å². The summed E-state index contributed by atoms with van der Waals surface area (Å²) in [6.07, 6.45) is 2.92. The number of nitrogens with zero attached hydrogens (tertiary/aromatic N) is 1. The highest BCUT2D eigenvalue weighted by Gasteiger charge is 1.91. The average molecular weight is 150 g/mol. The quantitative estimate of drug-likeness (QED) is 0.699. The van der Waals surface area contributed by atoms with Crippen molar-refractivity contribution in [2.45, 2.75) is 13.3 Å². The van der Waals surface area contributed by atoms with E-state index in [4.69, 9.17) is 0 Å². The van der Waals surface area contributed by atoms with Crippen LogP contribution in [0.15, 0.2) is 18.3 Å². The summed E-state index contributed by atoms with van der Waals surface area (Å²) in [5.41, 5.74) is 2.38. The van der Waals surface area contributed by atoms with Gasteiger partial charge in [0.25, 0.3) is 0 Å². The van der Waals surface area contributed by atoms with Crippen LogP contribution in [0.3, 0.4) is 0 Å². The van der Waals surface area contributed by atoms with E-state index in [1.54, 1.807) is 0 Å². The van der Waals surface area contributed by atoms with Crippen LogP contribution in [0.5, 0.6) is 0 Å². The third kappa shape index (κ3) is 2.68. The van der Waals surface area contributed by atoms with E-state index >= 15 is 0 Å². The summed E-state index contributed by atoms with van der Waals surface area (Å²) in [6.45, 7) is 3.05. The molecule has 1 rings (SSSR count). The van der Waals surface area contributed by atoms with Crippen LogP contribution in [-0.4, -0.2) is 18.6 Å². The number of hydrogen-bond donors (Lipinski definition) is 1. The molecule has 60 valence electrons. The van der Waals surface area contributed by atoms with Crippen LogP contribution >= 0.6 is 0 Å². The topological polar surface area (TPSA) is 24.9 Å². The van der Waals surface area contributed by atoms with Crippen LogP contribution in [-0.2, 0) is 6.42 Å². The van der Waals surface area contributed by atoms with Gasteiger partial charge in [0, 0.05) is 24.9 Å². The lowest BCUT2D eigenvalue weighted by atomic mass is 10.2. The molecule has 1 aromatic heterocycles. The van der Waals surface area contributed by atoms with Crippen molar-refractivity contribution >= 4 is 0 Å². The van der Waals surface area contributed by atoms with Crippen molar-refractivity contribution in [3.05, 3.63) is 29.6 Å². The maximum absolute atomic E-state index is 4.28. The Labute approximate surface area is 67.7 Å². The normalized spacial score (nSPS) is 10.0. The van der Waals surface area contributed by atoms with E-state index < -0.39 is 0 Å². The number of rotatable bonds is 3. The van der Waals surface area contributed by atoms with Gasteiger partial charge in [0.15, 0.2) is 0 Å². The molecule has 0 aliphatic carbocycles. The monoisotopic (exact) mass is 150 g/mol. The van der Waals surface area contributed by atoms with Crippen molar-refractivity contribution in [3.8, 4) is 0 Å². The Balaban J connectivity index is 2.52. The molecule has 0 radical (unpaired) electrons. The van der Waals surface area contributed by atoms with Crippen LogP contribution in [0, 0.1) is 6.92 Å². The van der Waals surface area contributed by atoms with Crippen molar-refractivity contribution in [2.24, 2.45) is 0 Å². The van der Waals surface area contributed by atoms with Gasteiger partial charge in [-0.25, -0.2) is 0 Å². The second-order valence-corrected chi connectivity index (χ2v) is 2.68. The third-order valence-electron chi connectivity index (χ3n) is 1.60. The summed E-state index contributed by atoms with van der Waals surface area (Å²) in [4.78, 5) is 4.28. The minimum atomic E-state index is 0.996. The van der Waals surface area contributed by atoms with E-state index in [1.165, 1.54) is 5.56 Å². The van der Waals surface area contributed by atoms with Gasteiger partial charge < -0.3 is 5.32 Å². The molecule has 1 heterocycles. The Bertz CT molecular complexity index is 203. The molecule has 0 spiro atoms. The molecule has 0 saturated heterocycles. The number of nitrogens with one attached hydrogen (secondary N) is 1. The SMILES string of the molecule is CNCCc1ccc(C)cn1. The predicted octanol–water partition coefficient (Wildman–Crippen LogP) is 1.15. The van der Waals surface area contributed by atoms with E-state index in [0.717, 1.165) is 18.7 Å². The minimum Gasteiger partial charge on any atom is -0.319 e. The number of aromatic nitrogens is 1. The molecule has 0 amide bonds. The molecule has 0 aromatic carbocycles. The lowest BCUT2D eigenvalue weighted by Crippen LogP contribution is -2.10. The Morgan fingerprint density at radius 1 is 1.45 bits per heavy atom. The Kier molecular flexibility index (Phi) is 3.05. The first-order chi connectivity index (χ1) is 5.33. The van der Waals surface area contributed by atoms with Gasteiger partial charge in [-0.15, -0.1) is 0 Å². The molecule has 0 fully saturated rings. The number of hydrogen-bond acceptors (Lipinski definition) is 2. The Morgan fingerprint density at radius 2 is 2.27 bits per heavy atom. The lowest BCUT2D eigenvalue weighted by Gasteiger charge is -1.99. The van der Waals surface area contributed by atoms with Crippen LogP contribution in [0.25, 0.3) is 0 Å². The fourth-order valence-corrected chi connectivity index (χ4v) is 0.899. The Morgan fingerprint density at radius 3 is 2.82 bits per heavy atom. The van der Waals surface area contributed by atoms with Crippen LogP contribution in [0.2, 0.25) is 0 Å². The van der Waals surface area contributed by atoms with Crippen molar-refractivity contribution < 1.29 is 0 Å². The van der Waals surface area contributed by atoms with Crippen LogP contribution in [0.1, 0.15) is 11.3 Å². The van der Waals surface area contributed by atoms with Gasteiger partial charge in [-0.05, 0) is 25.6 Å². The van der Waals surface area contributed by atoms with Gasteiger partial charge >= 0.3 is 0 Å². The minimum absolute atomic E-state index is 0.996. The first-order valence-electron chi connectivity index (χ1n) is 3.89. The summed E-state index contributed by atoms with van der Waals surface area (Å²) in [7, 11) is 1.95. The van der Waals surface area contributed by atoms with Gasteiger partial charge in [0.2, 0.25) is 0 Å². The summed E-state index contributed by atoms with van der Waals surface area (Å²) in [5.74, 6) is 0. The van der Waals surface area contributed by atoms with Crippen molar-refractivity contribution in [3.63, 3.8) is 0 Å². The van der Waals surface area contributed by atoms with E-state index in [2.05, 4.69) is 29.4 Å². The smallest absolute Gasteiger partial charge is 0.0416 e. The van der Waals surface area contributed by atoms with Crippen LogP contribution in [0.4, 0.5) is 0 Å². The zero-order chi connectivity index (χ0) is 8.10. The molecule has 11 heavy (non-hydrogen) atoms. The van der Waals surface area contributed by atoms with Gasteiger partial charge in [-0.2, -0.15) is 0 Å². The molecule has 1 aromatic rings. The number of aryl methyl sites for hydroxylation is 1. The second kappa shape index (κ2) is 4.09. The van der Waals surface area contributed by atoms with E-state index in [9.17, 15) is 0 Å². The molecule has 0 aliphatic heterocycles. The largest absolute Gasteiger partial charge is 0.319 e. The van der Waals surface area contributed by atoms with Crippen molar-refractivity contribution in [2.75, 3.05) is 13.6 Å². The maximum Gasteiger partial charge on any atom is 0.0416 e. The standard InChI is InChI=1S/C9H14N2/c1-8-3-4-9(11-7-8)5-6-10-2/h3-4,7,10H,5-6H2,1-2H3. The molecule has 0 bridgehead atoms. The molecular formula is C9H14N2. The first kappa shape index (κ1) is 8.21. The van der Waals surface area contributed by atoms with Gasteiger partial charge in [-0.3, -0.25) is 4.98 Å². The summed E-state index contributed by atoms with van der Waals surface area (Å²) < 4.78 is 0. The fraction of sp³-hybridized carbons (Fsp3) is 0.444. The van der Waals surface area contributed by atoms with Gasteiger partial charge in [0.05, 0.1) is 0 Å². The first-order valence-corrected chi connectivity index (χ1v) is 3.89. The number of likely N-dealkylation sites (N-methyl/N-ethyl adjacent to an activating group) is 1. The van der Waals surface area contributed by atoms with E-state index in [-0.39, 0.29) is 0 Å². The Hall–Kier alpha value is -0.890. The maximum atomic E-state index is 4.28. The van der Waals surface area contributed by atoms with Gasteiger partial charge in [-0.1, -0.05) is 6.07 Å². The average Bonchev–Trinajstić information content (AvgIpc) is 2.04. The third-order valence-corrected chi connectivity index (χ3v) is 1.60. The highest BCUT2D eigenvalue weighted by atomic mass is 14.8. The molecule has 2 heteroatoms. The zero-order valence-corrected chi connectivity index (χ0v) is 7.09. The molecule has 2 nitrogen and oxygen atoms in total. The highest BCUT2D eigenvalue weighted by molar-refractivity contribution is 5.12. The number of pyridine rings is 1.